The third-order valence-electron chi connectivity index (χ3n) is 5.50. The van der Waals surface area contributed by atoms with Crippen molar-refractivity contribution < 1.29 is 8.42 Å². The van der Waals surface area contributed by atoms with E-state index in [1.54, 1.807) is 19.9 Å². The molecular weight excluding hydrogens is 390 g/mol. The molecule has 2 aliphatic rings. The van der Waals surface area contributed by atoms with Gasteiger partial charge in [0.25, 0.3) is 0 Å². The maximum atomic E-state index is 13.6. The molecule has 1 aliphatic carbocycles. The molecule has 5 nitrogen and oxygen atoms in total. The predicted molar refractivity (Wildman–Crippen MR) is 118 cm³/mol. The summed E-state index contributed by atoms with van der Waals surface area (Å²) >= 11 is 1.58. The van der Waals surface area contributed by atoms with Crippen molar-refractivity contribution in [2.45, 2.75) is 20.3 Å². The summed E-state index contributed by atoms with van der Waals surface area (Å²) in [5, 5.41) is 5.23. The van der Waals surface area contributed by atoms with Gasteiger partial charge in [-0.2, -0.15) is 12.7 Å². The molecule has 7 heteroatoms. The van der Waals surface area contributed by atoms with Crippen LogP contribution >= 0.6 is 11.3 Å². The molecule has 1 aromatic carbocycles. The van der Waals surface area contributed by atoms with E-state index in [-0.39, 0.29) is 5.92 Å². The van der Waals surface area contributed by atoms with E-state index in [4.69, 9.17) is 0 Å². The molecule has 1 aliphatic heterocycles. The fourth-order valence-electron chi connectivity index (χ4n) is 3.82. The van der Waals surface area contributed by atoms with Gasteiger partial charge in [0.2, 0.25) is 0 Å². The Kier molecular flexibility index (Phi) is 5.60. The Balaban J connectivity index is 1.74. The van der Waals surface area contributed by atoms with E-state index in [0.717, 1.165) is 27.1 Å². The molecule has 1 atom stereocenters. The Hall–Kier alpha value is -1.67. The monoisotopic (exact) mass is 417 g/mol. The van der Waals surface area contributed by atoms with Gasteiger partial charge in [0.1, 0.15) is 5.00 Å². The molecule has 4 rings (SSSR count). The van der Waals surface area contributed by atoms with Gasteiger partial charge in [-0.15, -0.1) is 11.3 Å². The van der Waals surface area contributed by atoms with E-state index in [2.05, 4.69) is 42.6 Å². The maximum absolute atomic E-state index is 13.6. The van der Waals surface area contributed by atoms with Crippen LogP contribution in [0.2, 0.25) is 0 Å². The van der Waals surface area contributed by atoms with Crippen LogP contribution in [0.4, 0.5) is 5.00 Å². The predicted octanol–water partition coefficient (Wildman–Crippen LogP) is 3.69. The largest absolute Gasteiger partial charge is 0.314 e. The van der Waals surface area contributed by atoms with Gasteiger partial charge in [-0.05, 0) is 43.2 Å². The van der Waals surface area contributed by atoms with Crippen molar-refractivity contribution in [3.8, 4) is 0 Å². The normalized spacial score (nSPS) is 21.1. The lowest BCUT2D eigenvalue weighted by Gasteiger charge is -2.34. The van der Waals surface area contributed by atoms with Crippen molar-refractivity contribution in [3.63, 3.8) is 0 Å². The minimum absolute atomic E-state index is 0.186. The number of rotatable bonds is 5. The van der Waals surface area contributed by atoms with Crippen molar-refractivity contribution in [1.82, 2.24) is 9.62 Å². The smallest absolute Gasteiger partial charge is 0.304 e. The Morgan fingerprint density at radius 3 is 2.64 bits per heavy atom. The molecular formula is C21H27N3O2S2. The van der Waals surface area contributed by atoms with Gasteiger partial charge >= 0.3 is 10.2 Å². The van der Waals surface area contributed by atoms with Crippen molar-refractivity contribution in [2.24, 2.45) is 5.92 Å². The second kappa shape index (κ2) is 7.99. The highest BCUT2D eigenvalue weighted by Crippen LogP contribution is 2.40. The molecule has 28 heavy (non-hydrogen) atoms. The topological polar surface area (TPSA) is 52.7 Å². The van der Waals surface area contributed by atoms with E-state index < -0.39 is 10.2 Å². The summed E-state index contributed by atoms with van der Waals surface area (Å²) in [7, 11) is -3.58. The highest BCUT2D eigenvalue weighted by Gasteiger charge is 2.34. The minimum Gasteiger partial charge on any atom is -0.314 e. The average molecular weight is 418 g/mol. The van der Waals surface area contributed by atoms with Crippen LogP contribution in [-0.2, 0) is 10.2 Å². The number of nitrogens with zero attached hydrogens (tertiary/aromatic N) is 2. The van der Waals surface area contributed by atoms with Crippen LogP contribution in [0.15, 0.2) is 48.1 Å². The Morgan fingerprint density at radius 2 is 1.96 bits per heavy atom. The number of allylic oxidation sites excluding steroid dienone is 3. The molecule has 1 N–H and O–H groups in total. The average Bonchev–Trinajstić information content (AvgIpc) is 3.04. The fourth-order valence-corrected chi connectivity index (χ4v) is 6.98. The lowest BCUT2D eigenvalue weighted by atomic mass is 9.97. The van der Waals surface area contributed by atoms with E-state index in [1.807, 2.05) is 19.1 Å². The molecule has 0 saturated carbocycles. The lowest BCUT2D eigenvalue weighted by Crippen LogP contribution is -2.52. The van der Waals surface area contributed by atoms with Crippen LogP contribution in [-0.4, -0.2) is 45.4 Å². The number of fused-ring (bicyclic) bond motifs is 1. The number of aryl methyl sites for hydroxylation is 1. The van der Waals surface area contributed by atoms with Crippen LogP contribution in [0.1, 0.15) is 18.9 Å². The third kappa shape index (κ3) is 3.76. The van der Waals surface area contributed by atoms with Crippen molar-refractivity contribution in [1.29, 1.82) is 0 Å². The zero-order valence-corrected chi connectivity index (χ0v) is 18.0. The van der Waals surface area contributed by atoms with Gasteiger partial charge in [-0.1, -0.05) is 42.0 Å². The molecule has 2 aromatic rings. The molecule has 1 unspecified atom stereocenters. The number of hydrogen-bond donors (Lipinski definition) is 1. The quantitative estimate of drug-likeness (QED) is 0.807. The number of thiophene rings is 1. The minimum atomic E-state index is -3.58. The first-order chi connectivity index (χ1) is 13.5. The standard InChI is InChI=1S/C21H27N3O2S2/c1-16-7-9-18(10-8-16)15-24(28(25,26)23-13-11-22-12-14-23)21-17(2)19-5-3-4-6-20(19)27-21/h3-9,18,22H,10-15H2,1-2H3. The van der Waals surface area contributed by atoms with Crippen molar-refractivity contribution in [2.75, 3.05) is 37.0 Å². The summed E-state index contributed by atoms with van der Waals surface area (Å²) in [6, 6.07) is 8.17. The Morgan fingerprint density at radius 1 is 1.21 bits per heavy atom. The van der Waals surface area contributed by atoms with Gasteiger partial charge in [-0.25, -0.2) is 4.31 Å². The highest BCUT2D eigenvalue weighted by molar-refractivity contribution is 7.90. The molecule has 0 bridgehead atoms. The second-order valence-corrected chi connectivity index (χ2v) is 10.4. The first kappa shape index (κ1) is 19.6. The van der Waals surface area contributed by atoms with Gasteiger partial charge in [0.05, 0.1) is 0 Å². The summed E-state index contributed by atoms with van der Waals surface area (Å²) in [6.07, 6.45) is 7.32. The highest BCUT2D eigenvalue weighted by atomic mass is 32.2. The van der Waals surface area contributed by atoms with E-state index >= 15 is 0 Å². The van der Waals surface area contributed by atoms with Gasteiger partial charge < -0.3 is 5.32 Å². The lowest BCUT2D eigenvalue weighted by molar-refractivity contribution is 0.358. The third-order valence-corrected chi connectivity index (χ3v) is 8.82. The first-order valence-corrected chi connectivity index (χ1v) is 12.0. The molecule has 0 radical (unpaired) electrons. The molecule has 150 valence electrons. The summed E-state index contributed by atoms with van der Waals surface area (Å²) in [4.78, 5) is 0. The molecule has 0 spiro atoms. The summed E-state index contributed by atoms with van der Waals surface area (Å²) < 4.78 is 31.7. The summed E-state index contributed by atoms with van der Waals surface area (Å²) in [5.41, 5.74) is 2.29. The van der Waals surface area contributed by atoms with Crippen LogP contribution in [0, 0.1) is 12.8 Å². The number of nitrogens with one attached hydrogen (secondary N) is 1. The zero-order valence-electron chi connectivity index (χ0n) is 16.4. The molecule has 0 amide bonds. The van der Waals surface area contributed by atoms with Crippen LogP contribution in [0.25, 0.3) is 10.1 Å². The molecule has 1 fully saturated rings. The first-order valence-electron chi connectivity index (χ1n) is 9.78. The number of piperazine rings is 1. The van der Waals surface area contributed by atoms with Gasteiger partial charge in [0.15, 0.2) is 0 Å². The summed E-state index contributed by atoms with van der Waals surface area (Å²) in [5.74, 6) is 0.186. The Labute approximate surface area is 171 Å². The second-order valence-electron chi connectivity index (χ2n) is 7.52. The van der Waals surface area contributed by atoms with E-state index in [9.17, 15) is 8.42 Å². The van der Waals surface area contributed by atoms with E-state index in [1.165, 1.54) is 5.57 Å². The Bertz CT molecular complexity index is 1020. The fraction of sp³-hybridized carbons (Fsp3) is 0.429. The van der Waals surface area contributed by atoms with Crippen LogP contribution in [0.5, 0.6) is 0 Å². The van der Waals surface area contributed by atoms with Crippen molar-refractivity contribution in [3.05, 3.63) is 53.6 Å². The van der Waals surface area contributed by atoms with Crippen molar-refractivity contribution >= 4 is 36.6 Å². The maximum Gasteiger partial charge on any atom is 0.304 e. The zero-order chi connectivity index (χ0) is 19.7. The molecule has 2 heterocycles. The van der Waals surface area contributed by atoms with Crippen LogP contribution in [0.3, 0.4) is 0 Å². The molecule has 1 saturated heterocycles. The van der Waals surface area contributed by atoms with Crippen LogP contribution < -0.4 is 9.62 Å². The number of hydrogen-bond acceptors (Lipinski definition) is 4. The number of benzene rings is 1. The van der Waals surface area contributed by atoms with Gasteiger partial charge in [0, 0.05) is 37.4 Å². The number of anilines is 1. The van der Waals surface area contributed by atoms with Gasteiger partial charge in [-0.3, -0.25) is 0 Å². The summed E-state index contributed by atoms with van der Waals surface area (Å²) in [6.45, 7) is 7.02. The SMILES string of the molecule is CC1=CCC(CN(c2sc3ccccc3c2C)S(=O)(=O)N2CCNCC2)C=C1. The van der Waals surface area contributed by atoms with E-state index in [0.29, 0.717) is 32.7 Å². The molecule has 1 aromatic heterocycles.